The molecule has 0 saturated heterocycles. The zero-order valence-corrected chi connectivity index (χ0v) is 12.6. The van der Waals surface area contributed by atoms with Gasteiger partial charge in [0.2, 0.25) is 0 Å². The van der Waals surface area contributed by atoms with Gasteiger partial charge in [-0.05, 0) is 38.2 Å². The maximum atomic E-state index is 10.0. The van der Waals surface area contributed by atoms with Crippen molar-refractivity contribution in [3.63, 3.8) is 0 Å². The number of rotatable bonds is 8. The molecule has 0 amide bonds. The second-order valence-electron chi connectivity index (χ2n) is 5.91. The first-order valence-corrected chi connectivity index (χ1v) is 7.75. The summed E-state index contributed by atoms with van der Waals surface area (Å²) in [5.74, 6) is 0. The Morgan fingerprint density at radius 1 is 1.30 bits per heavy atom. The van der Waals surface area contributed by atoms with Gasteiger partial charge in [0.15, 0.2) is 0 Å². The summed E-state index contributed by atoms with van der Waals surface area (Å²) in [6.45, 7) is 5.24. The molecule has 1 aromatic rings. The number of hydrogen-bond donors (Lipinski definition) is 2. The molecule has 0 aromatic heterocycles. The Labute approximate surface area is 122 Å². The van der Waals surface area contributed by atoms with E-state index in [9.17, 15) is 5.11 Å². The number of aliphatic hydroxyl groups is 1. The lowest BCUT2D eigenvalue weighted by Gasteiger charge is -2.42. The van der Waals surface area contributed by atoms with Gasteiger partial charge >= 0.3 is 0 Å². The van der Waals surface area contributed by atoms with Gasteiger partial charge in [0, 0.05) is 12.1 Å². The van der Waals surface area contributed by atoms with E-state index in [1.165, 1.54) is 19.3 Å². The molecular formula is C17H27NO2. The van der Waals surface area contributed by atoms with E-state index >= 15 is 0 Å². The topological polar surface area (TPSA) is 41.5 Å². The van der Waals surface area contributed by atoms with Crippen LogP contribution >= 0.6 is 0 Å². The van der Waals surface area contributed by atoms with Crippen LogP contribution in [0.1, 0.15) is 51.2 Å². The molecule has 2 unspecified atom stereocenters. The minimum atomic E-state index is -0.440. The van der Waals surface area contributed by atoms with Gasteiger partial charge in [-0.25, -0.2) is 0 Å². The van der Waals surface area contributed by atoms with Crippen molar-refractivity contribution in [1.82, 2.24) is 5.32 Å². The van der Waals surface area contributed by atoms with Gasteiger partial charge in [0.05, 0.1) is 18.8 Å². The highest BCUT2D eigenvalue weighted by Crippen LogP contribution is 2.34. The van der Waals surface area contributed by atoms with Crippen LogP contribution in [0.2, 0.25) is 0 Å². The van der Waals surface area contributed by atoms with Gasteiger partial charge in [-0.15, -0.1) is 0 Å². The first kappa shape index (κ1) is 15.5. The highest BCUT2D eigenvalue weighted by Gasteiger charge is 2.34. The minimum absolute atomic E-state index is 0.0229. The predicted octanol–water partition coefficient (Wildman–Crippen LogP) is 3.05. The molecule has 3 nitrogen and oxygen atoms in total. The molecule has 0 aliphatic heterocycles. The summed E-state index contributed by atoms with van der Waals surface area (Å²) < 4.78 is 5.75. The number of nitrogens with one attached hydrogen (secondary N) is 1. The van der Waals surface area contributed by atoms with Gasteiger partial charge < -0.3 is 15.2 Å². The Morgan fingerprint density at radius 3 is 2.55 bits per heavy atom. The fourth-order valence-electron chi connectivity index (χ4n) is 2.73. The van der Waals surface area contributed by atoms with Crippen LogP contribution in [-0.4, -0.2) is 29.9 Å². The molecular weight excluding hydrogens is 250 g/mol. The summed E-state index contributed by atoms with van der Waals surface area (Å²) in [6, 6.07) is 10.1. The van der Waals surface area contributed by atoms with Crippen LogP contribution in [0.5, 0.6) is 0 Å². The molecule has 1 aliphatic carbocycles. The highest BCUT2D eigenvalue weighted by atomic mass is 16.5. The van der Waals surface area contributed by atoms with E-state index in [0.717, 1.165) is 12.0 Å². The van der Waals surface area contributed by atoms with E-state index in [0.29, 0.717) is 13.2 Å². The summed E-state index contributed by atoms with van der Waals surface area (Å²) >= 11 is 0. The monoisotopic (exact) mass is 277 g/mol. The summed E-state index contributed by atoms with van der Waals surface area (Å²) in [6.07, 6.45) is 4.49. The second kappa shape index (κ2) is 7.21. The number of ether oxygens (including phenoxy) is 1. The van der Waals surface area contributed by atoms with Gasteiger partial charge in [0.25, 0.3) is 0 Å². The fraction of sp³-hybridized carbons (Fsp3) is 0.647. The first-order valence-electron chi connectivity index (χ1n) is 7.75. The molecule has 1 aromatic carbocycles. The molecule has 0 spiro atoms. The molecule has 1 saturated carbocycles. The summed E-state index contributed by atoms with van der Waals surface area (Å²) in [5, 5.41) is 13.6. The van der Waals surface area contributed by atoms with Crippen LogP contribution in [0, 0.1) is 0 Å². The molecule has 2 rings (SSSR count). The Balaban J connectivity index is 1.68. The van der Waals surface area contributed by atoms with Crippen molar-refractivity contribution in [1.29, 1.82) is 0 Å². The van der Waals surface area contributed by atoms with Crippen molar-refractivity contribution in [2.75, 3.05) is 13.2 Å². The highest BCUT2D eigenvalue weighted by molar-refractivity contribution is 5.16. The van der Waals surface area contributed by atoms with E-state index in [2.05, 4.69) is 24.4 Å². The maximum absolute atomic E-state index is 10.0. The number of hydrogen-bond acceptors (Lipinski definition) is 3. The fourth-order valence-corrected chi connectivity index (χ4v) is 2.73. The molecule has 2 N–H and O–H groups in total. The standard InChI is InChI=1S/C17H27NO2/c1-3-17(10-7-11-17)18-12-16(19)13-20-14(2)15-8-5-4-6-9-15/h4-6,8-9,14,16,18-19H,3,7,10-13H2,1-2H3. The molecule has 2 atom stereocenters. The molecule has 0 radical (unpaired) electrons. The number of benzene rings is 1. The molecule has 20 heavy (non-hydrogen) atoms. The third-order valence-corrected chi connectivity index (χ3v) is 4.51. The third-order valence-electron chi connectivity index (χ3n) is 4.51. The maximum Gasteiger partial charge on any atom is 0.0898 e. The zero-order valence-electron chi connectivity index (χ0n) is 12.6. The van der Waals surface area contributed by atoms with Gasteiger partial charge in [-0.2, -0.15) is 0 Å². The normalized spacial score (nSPS) is 20.1. The average Bonchev–Trinajstić information content (AvgIpc) is 2.45. The van der Waals surface area contributed by atoms with Crippen LogP contribution in [0.4, 0.5) is 0 Å². The zero-order chi connectivity index (χ0) is 14.4. The van der Waals surface area contributed by atoms with E-state index in [1.807, 2.05) is 25.1 Å². The van der Waals surface area contributed by atoms with E-state index in [1.54, 1.807) is 0 Å². The quantitative estimate of drug-likeness (QED) is 0.767. The summed E-state index contributed by atoms with van der Waals surface area (Å²) in [5.41, 5.74) is 1.43. The third kappa shape index (κ3) is 4.05. The Morgan fingerprint density at radius 2 is 2.00 bits per heavy atom. The van der Waals surface area contributed by atoms with Crippen LogP contribution in [-0.2, 0) is 4.74 Å². The lowest BCUT2D eigenvalue weighted by atomic mass is 9.75. The predicted molar refractivity (Wildman–Crippen MR) is 81.7 cm³/mol. The minimum Gasteiger partial charge on any atom is -0.389 e. The smallest absolute Gasteiger partial charge is 0.0898 e. The van der Waals surface area contributed by atoms with Crippen LogP contribution in [0.3, 0.4) is 0 Å². The summed E-state index contributed by atoms with van der Waals surface area (Å²) in [7, 11) is 0. The number of aliphatic hydroxyl groups excluding tert-OH is 1. The average molecular weight is 277 g/mol. The van der Waals surface area contributed by atoms with Crippen molar-refractivity contribution in [3.8, 4) is 0 Å². The van der Waals surface area contributed by atoms with E-state index < -0.39 is 6.10 Å². The van der Waals surface area contributed by atoms with Crippen molar-refractivity contribution in [3.05, 3.63) is 35.9 Å². The lowest BCUT2D eigenvalue weighted by Crippen LogP contribution is -2.53. The lowest BCUT2D eigenvalue weighted by molar-refractivity contribution is -0.00753. The first-order chi connectivity index (χ1) is 9.65. The van der Waals surface area contributed by atoms with Crippen LogP contribution in [0.25, 0.3) is 0 Å². The molecule has 1 fully saturated rings. The van der Waals surface area contributed by atoms with Crippen molar-refractivity contribution in [2.24, 2.45) is 0 Å². The number of β-amino-alcohol motifs (C(OH)–C–C–N with tert-alkyl or cyclic N) is 1. The molecule has 1 aliphatic rings. The molecule has 0 heterocycles. The molecule has 0 bridgehead atoms. The van der Waals surface area contributed by atoms with Crippen molar-refractivity contribution in [2.45, 2.75) is 57.3 Å². The molecule has 112 valence electrons. The SMILES string of the molecule is CCC1(NCC(O)COC(C)c2ccccc2)CCC1. The van der Waals surface area contributed by atoms with Crippen LogP contribution in [0.15, 0.2) is 30.3 Å². The van der Waals surface area contributed by atoms with Gasteiger partial charge in [-0.3, -0.25) is 0 Å². The molecule has 3 heteroatoms. The summed E-state index contributed by atoms with van der Waals surface area (Å²) in [4.78, 5) is 0. The Kier molecular flexibility index (Phi) is 5.58. The van der Waals surface area contributed by atoms with Crippen molar-refractivity contribution >= 4 is 0 Å². The van der Waals surface area contributed by atoms with E-state index in [-0.39, 0.29) is 11.6 Å². The Bertz CT molecular complexity index is 384. The largest absolute Gasteiger partial charge is 0.389 e. The van der Waals surface area contributed by atoms with Gasteiger partial charge in [0.1, 0.15) is 0 Å². The second-order valence-corrected chi connectivity index (χ2v) is 5.91. The van der Waals surface area contributed by atoms with Crippen LogP contribution < -0.4 is 5.32 Å². The van der Waals surface area contributed by atoms with Gasteiger partial charge in [-0.1, -0.05) is 37.3 Å². The van der Waals surface area contributed by atoms with Crippen molar-refractivity contribution < 1.29 is 9.84 Å². The Hall–Kier alpha value is -0.900. The van der Waals surface area contributed by atoms with E-state index in [4.69, 9.17) is 4.74 Å².